The van der Waals surface area contributed by atoms with Crippen LogP contribution in [0.3, 0.4) is 0 Å². The number of hydrogen-bond donors (Lipinski definition) is 1. The number of nitrogens with one attached hydrogen (secondary N) is 1. The first-order chi connectivity index (χ1) is 7.77. The molecule has 1 atom stereocenters. The Labute approximate surface area is 107 Å². The van der Waals surface area contributed by atoms with Crippen molar-refractivity contribution in [2.45, 2.75) is 32.2 Å². The van der Waals surface area contributed by atoms with Gasteiger partial charge in [0.1, 0.15) is 0 Å². The highest BCUT2D eigenvalue weighted by molar-refractivity contribution is 9.10. The molecule has 0 fully saturated rings. The predicted molar refractivity (Wildman–Crippen MR) is 73.4 cm³/mol. The molecule has 1 N–H and O–H groups in total. The van der Waals surface area contributed by atoms with Crippen molar-refractivity contribution in [3.63, 3.8) is 0 Å². The van der Waals surface area contributed by atoms with E-state index in [1.165, 1.54) is 10.0 Å². The van der Waals surface area contributed by atoms with E-state index in [0.29, 0.717) is 6.04 Å². The van der Waals surface area contributed by atoms with Crippen molar-refractivity contribution in [1.29, 1.82) is 0 Å². The van der Waals surface area contributed by atoms with Crippen molar-refractivity contribution in [2.75, 3.05) is 7.05 Å². The maximum Gasteiger partial charge on any atom is 0.0207 e. The quantitative estimate of drug-likeness (QED) is 0.815. The molecule has 0 radical (unpaired) electrons. The molecule has 1 aromatic carbocycles. The van der Waals surface area contributed by atoms with Gasteiger partial charge in [0.15, 0.2) is 0 Å². The Morgan fingerprint density at radius 3 is 2.75 bits per heavy atom. The van der Waals surface area contributed by atoms with Gasteiger partial charge in [0.05, 0.1) is 0 Å². The third kappa shape index (κ3) is 4.38. The molecule has 1 aromatic rings. The summed E-state index contributed by atoms with van der Waals surface area (Å²) >= 11 is 3.58. The predicted octanol–water partition coefficient (Wildman–Crippen LogP) is 3.38. The van der Waals surface area contributed by atoms with Crippen LogP contribution in [0.25, 0.3) is 0 Å². The Hall–Kier alpha value is -0.780. The van der Waals surface area contributed by atoms with Crippen molar-refractivity contribution in [3.05, 3.63) is 34.3 Å². The fourth-order valence-corrected chi connectivity index (χ4v) is 2.10. The third-order valence-corrected chi connectivity index (χ3v) is 3.40. The summed E-state index contributed by atoms with van der Waals surface area (Å²) in [6.45, 7) is 1.89. The van der Waals surface area contributed by atoms with E-state index < -0.39 is 0 Å². The van der Waals surface area contributed by atoms with Crippen LogP contribution in [-0.4, -0.2) is 13.1 Å². The zero-order chi connectivity index (χ0) is 11.8. The molecule has 86 valence electrons. The SMILES string of the molecule is CC#CCCC(Cc1ccccc1Br)NC. The minimum Gasteiger partial charge on any atom is -0.317 e. The molecule has 0 spiro atoms. The molecule has 0 aromatic heterocycles. The Kier molecular flexibility index (Phi) is 6.22. The summed E-state index contributed by atoms with van der Waals surface area (Å²) in [6, 6.07) is 8.89. The first kappa shape index (κ1) is 13.3. The first-order valence-electron chi connectivity index (χ1n) is 5.58. The van der Waals surface area contributed by atoms with Gasteiger partial charge in [-0.05, 0) is 38.4 Å². The van der Waals surface area contributed by atoms with Crippen molar-refractivity contribution in [1.82, 2.24) is 5.32 Å². The van der Waals surface area contributed by atoms with Crippen LogP contribution in [0, 0.1) is 11.8 Å². The summed E-state index contributed by atoms with van der Waals surface area (Å²) in [4.78, 5) is 0. The summed E-state index contributed by atoms with van der Waals surface area (Å²) < 4.78 is 1.19. The Bertz CT molecular complexity index is 376. The van der Waals surface area contributed by atoms with E-state index in [0.717, 1.165) is 19.3 Å². The lowest BCUT2D eigenvalue weighted by molar-refractivity contribution is 0.527. The standard InChI is InChI=1S/C14H18BrN/c1-3-4-5-9-13(16-2)11-12-8-6-7-10-14(12)15/h6-8,10,13,16H,5,9,11H2,1-2H3. The maximum absolute atomic E-state index is 3.58. The molecule has 16 heavy (non-hydrogen) atoms. The van der Waals surface area contributed by atoms with E-state index in [-0.39, 0.29) is 0 Å². The molecule has 0 heterocycles. The van der Waals surface area contributed by atoms with Gasteiger partial charge in [-0.1, -0.05) is 34.1 Å². The molecule has 0 saturated carbocycles. The smallest absolute Gasteiger partial charge is 0.0207 e. The normalized spacial score (nSPS) is 11.7. The minimum absolute atomic E-state index is 0.500. The van der Waals surface area contributed by atoms with Gasteiger partial charge in [-0.25, -0.2) is 0 Å². The highest BCUT2D eigenvalue weighted by Crippen LogP contribution is 2.18. The molecule has 0 amide bonds. The van der Waals surface area contributed by atoms with E-state index in [1.807, 2.05) is 20.0 Å². The summed E-state index contributed by atoms with van der Waals surface area (Å²) in [5.74, 6) is 6.05. The zero-order valence-corrected chi connectivity index (χ0v) is 11.5. The van der Waals surface area contributed by atoms with E-state index in [1.54, 1.807) is 0 Å². The molecule has 1 unspecified atom stereocenters. The van der Waals surface area contributed by atoms with Gasteiger partial charge >= 0.3 is 0 Å². The van der Waals surface area contributed by atoms with Crippen LogP contribution in [0.15, 0.2) is 28.7 Å². The molecule has 0 saturated heterocycles. The lowest BCUT2D eigenvalue weighted by Gasteiger charge is -2.15. The molecule has 0 aliphatic carbocycles. The van der Waals surface area contributed by atoms with E-state index in [9.17, 15) is 0 Å². The van der Waals surface area contributed by atoms with Gasteiger partial charge in [-0.3, -0.25) is 0 Å². The van der Waals surface area contributed by atoms with Crippen LogP contribution in [0.2, 0.25) is 0 Å². The minimum atomic E-state index is 0.500. The summed E-state index contributed by atoms with van der Waals surface area (Å²) in [7, 11) is 2.01. The van der Waals surface area contributed by atoms with E-state index in [2.05, 4.69) is 51.3 Å². The van der Waals surface area contributed by atoms with Gasteiger partial charge in [-0.15, -0.1) is 11.8 Å². The van der Waals surface area contributed by atoms with Crippen LogP contribution < -0.4 is 5.32 Å². The monoisotopic (exact) mass is 279 g/mol. The molecule has 0 aliphatic heterocycles. The molecular weight excluding hydrogens is 262 g/mol. The Morgan fingerprint density at radius 1 is 1.38 bits per heavy atom. The lowest BCUT2D eigenvalue weighted by Crippen LogP contribution is -2.27. The van der Waals surface area contributed by atoms with Crippen LogP contribution in [0.5, 0.6) is 0 Å². The lowest BCUT2D eigenvalue weighted by atomic mass is 10.0. The average molecular weight is 280 g/mol. The van der Waals surface area contributed by atoms with Gasteiger partial charge in [0.25, 0.3) is 0 Å². The first-order valence-corrected chi connectivity index (χ1v) is 6.37. The largest absolute Gasteiger partial charge is 0.317 e. The van der Waals surface area contributed by atoms with Crippen molar-refractivity contribution < 1.29 is 0 Å². The number of likely N-dealkylation sites (N-methyl/N-ethyl adjacent to an activating group) is 1. The van der Waals surface area contributed by atoms with Crippen molar-refractivity contribution in [2.24, 2.45) is 0 Å². The number of benzene rings is 1. The Balaban J connectivity index is 2.55. The van der Waals surface area contributed by atoms with Gasteiger partial charge in [0.2, 0.25) is 0 Å². The van der Waals surface area contributed by atoms with Crippen molar-refractivity contribution in [3.8, 4) is 11.8 Å². The summed E-state index contributed by atoms with van der Waals surface area (Å²) in [5, 5.41) is 3.35. The second-order valence-corrected chi connectivity index (χ2v) is 4.60. The highest BCUT2D eigenvalue weighted by atomic mass is 79.9. The van der Waals surface area contributed by atoms with Crippen LogP contribution >= 0.6 is 15.9 Å². The van der Waals surface area contributed by atoms with Crippen LogP contribution in [0.4, 0.5) is 0 Å². The highest BCUT2D eigenvalue weighted by Gasteiger charge is 2.08. The molecule has 1 nitrogen and oxygen atoms in total. The molecule has 0 bridgehead atoms. The van der Waals surface area contributed by atoms with Gasteiger partial charge < -0.3 is 5.32 Å². The van der Waals surface area contributed by atoms with Crippen LogP contribution in [0.1, 0.15) is 25.3 Å². The number of hydrogen-bond acceptors (Lipinski definition) is 1. The second-order valence-electron chi connectivity index (χ2n) is 3.75. The maximum atomic E-state index is 3.58. The number of halogens is 1. The van der Waals surface area contributed by atoms with E-state index >= 15 is 0 Å². The van der Waals surface area contributed by atoms with E-state index in [4.69, 9.17) is 0 Å². The van der Waals surface area contributed by atoms with Gasteiger partial charge in [0, 0.05) is 16.9 Å². The molecule has 0 aliphatic rings. The summed E-state index contributed by atoms with van der Waals surface area (Å²) in [5.41, 5.74) is 1.35. The topological polar surface area (TPSA) is 12.0 Å². The average Bonchev–Trinajstić information content (AvgIpc) is 2.30. The van der Waals surface area contributed by atoms with Crippen LogP contribution in [-0.2, 0) is 6.42 Å². The zero-order valence-electron chi connectivity index (χ0n) is 9.89. The third-order valence-electron chi connectivity index (χ3n) is 2.63. The molecule has 1 rings (SSSR count). The fourth-order valence-electron chi connectivity index (χ4n) is 1.65. The van der Waals surface area contributed by atoms with Gasteiger partial charge in [-0.2, -0.15) is 0 Å². The van der Waals surface area contributed by atoms with Crippen molar-refractivity contribution >= 4 is 15.9 Å². The second kappa shape index (κ2) is 7.49. The molecular formula is C14H18BrN. The fraction of sp³-hybridized carbons (Fsp3) is 0.429. The Morgan fingerprint density at radius 2 is 2.12 bits per heavy atom. The molecule has 2 heteroatoms. The number of rotatable bonds is 5. The summed E-state index contributed by atoms with van der Waals surface area (Å²) in [6.07, 6.45) is 3.11.